The maximum Gasteiger partial charge on any atom is 0.327 e. The minimum atomic E-state index is -0.884. The third-order valence-electron chi connectivity index (χ3n) is 2.93. The second-order valence-corrected chi connectivity index (χ2v) is 4.86. The Morgan fingerprint density at radius 2 is 2.00 bits per heavy atom. The predicted molar refractivity (Wildman–Crippen MR) is 61.3 cm³/mol. The molecule has 0 spiro atoms. The zero-order valence-corrected chi connectivity index (χ0v) is 10.0. The van der Waals surface area contributed by atoms with Crippen molar-refractivity contribution in [3.8, 4) is 0 Å². The van der Waals surface area contributed by atoms with Crippen LogP contribution in [0.25, 0.3) is 0 Å². The van der Waals surface area contributed by atoms with Crippen LogP contribution in [0.4, 0.5) is 0 Å². The van der Waals surface area contributed by atoms with Crippen LogP contribution in [0.1, 0.15) is 27.7 Å². The van der Waals surface area contributed by atoms with Crippen LogP contribution >= 0.6 is 0 Å². The van der Waals surface area contributed by atoms with E-state index >= 15 is 0 Å². The second kappa shape index (κ2) is 3.98. The van der Waals surface area contributed by atoms with E-state index in [1.807, 2.05) is 20.7 Å². The molecule has 0 bridgehead atoms. The molecule has 2 N–H and O–H groups in total. The van der Waals surface area contributed by atoms with Gasteiger partial charge in [0.25, 0.3) is 0 Å². The van der Waals surface area contributed by atoms with Crippen LogP contribution < -0.4 is 5.46 Å². The number of aliphatic hydroxyl groups is 1. The zero-order valence-electron chi connectivity index (χ0n) is 10.0. The third-order valence-corrected chi connectivity index (χ3v) is 2.93. The molecule has 1 aromatic rings. The molecule has 0 amide bonds. The van der Waals surface area contributed by atoms with Gasteiger partial charge < -0.3 is 9.76 Å². The molecule has 15 heavy (non-hydrogen) atoms. The number of H-pyrrole nitrogens is 1. The summed E-state index contributed by atoms with van der Waals surface area (Å²) in [5.41, 5.74) is -0.512. The summed E-state index contributed by atoms with van der Waals surface area (Å²) in [5.74, 6) is 0. The number of hydrogen-bond acceptors (Lipinski definition) is 3. The average Bonchev–Trinajstić information content (AvgIpc) is 2.51. The lowest BCUT2D eigenvalue weighted by atomic mass is 9.64. The predicted octanol–water partition coefficient (Wildman–Crippen LogP) is 0.804. The summed E-state index contributed by atoms with van der Waals surface area (Å²) in [4.78, 5) is 0. The number of nitrogens with one attached hydrogen (secondary N) is 1. The van der Waals surface area contributed by atoms with Crippen LogP contribution in [0.15, 0.2) is 12.4 Å². The fourth-order valence-electron chi connectivity index (χ4n) is 1.14. The molecule has 0 aliphatic rings. The van der Waals surface area contributed by atoms with Gasteiger partial charge in [0.2, 0.25) is 0 Å². The van der Waals surface area contributed by atoms with Gasteiger partial charge in [0.1, 0.15) is 0 Å². The first-order valence-corrected chi connectivity index (χ1v) is 5.13. The maximum atomic E-state index is 9.94. The van der Waals surface area contributed by atoms with Crippen molar-refractivity contribution < 1.29 is 9.76 Å². The van der Waals surface area contributed by atoms with Crippen molar-refractivity contribution in [2.24, 2.45) is 0 Å². The van der Waals surface area contributed by atoms with Crippen molar-refractivity contribution in [2.45, 2.75) is 45.7 Å². The van der Waals surface area contributed by atoms with Crippen molar-refractivity contribution in [1.29, 1.82) is 0 Å². The van der Waals surface area contributed by atoms with Gasteiger partial charge in [-0.1, -0.05) is 6.82 Å². The number of hydrogen-bond donors (Lipinski definition) is 2. The molecule has 0 saturated carbocycles. The Labute approximate surface area is 91.1 Å². The van der Waals surface area contributed by atoms with E-state index in [1.54, 1.807) is 26.2 Å². The molecule has 0 unspecified atom stereocenters. The van der Waals surface area contributed by atoms with Gasteiger partial charge in [-0.15, -0.1) is 0 Å². The van der Waals surface area contributed by atoms with E-state index in [-0.39, 0.29) is 6.92 Å². The highest BCUT2D eigenvalue weighted by Gasteiger charge is 2.38. The number of rotatable bonds is 4. The molecule has 0 radical (unpaired) electrons. The molecule has 0 aliphatic carbocycles. The lowest BCUT2D eigenvalue weighted by Gasteiger charge is -2.39. The summed E-state index contributed by atoms with van der Waals surface area (Å²) in [6.07, 6.45) is 3.52. The molecule has 0 aliphatic heterocycles. The Balaban J connectivity index is 2.70. The van der Waals surface area contributed by atoms with Gasteiger partial charge in [-0.05, 0) is 33.2 Å². The van der Waals surface area contributed by atoms with E-state index in [9.17, 15) is 5.11 Å². The molecule has 1 aromatic heterocycles. The number of aromatic amines is 1. The molecule has 0 saturated heterocycles. The highest BCUT2D eigenvalue weighted by atomic mass is 16.5. The molecule has 1 heterocycles. The van der Waals surface area contributed by atoms with Crippen molar-refractivity contribution in [3.05, 3.63) is 12.4 Å². The maximum absolute atomic E-state index is 9.94. The summed E-state index contributed by atoms with van der Waals surface area (Å²) in [6, 6.07) is 0. The summed E-state index contributed by atoms with van der Waals surface area (Å²) < 4.78 is 5.84. The quantitative estimate of drug-likeness (QED) is 0.722. The normalized spacial score (nSPS) is 12.9. The van der Waals surface area contributed by atoms with E-state index in [4.69, 9.17) is 4.65 Å². The molecule has 84 valence electrons. The molecular weight excluding hydrogens is 191 g/mol. The summed E-state index contributed by atoms with van der Waals surface area (Å²) >= 11 is 0. The van der Waals surface area contributed by atoms with Gasteiger partial charge in [0, 0.05) is 12.4 Å². The van der Waals surface area contributed by atoms with Gasteiger partial charge in [0.15, 0.2) is 0 Å². The standard InChI is InChI=1S/C10H19BN2O2/c1-9(2,14)10(3,4)15-11(5)8-6-12-13-7-8/h6-7,14H,1-5H3,(H,12,13). The van der Waals surface area contributed by atoms with E-state index in [2.05, 4.69) is 10.2 Å². The summed E-state index contributed by atoms with van der Waals surface area (Å²) in [7, 11) is 0. The van der Waals surface area contributed by atoms with Crippen molar-refractivity contribution in [2.75, 3.05) is 0 Å². The molecule has 0 fully saturated rings. The van der Waals surface area contributed by atoms with Crippen LogP contribution in [0.2, 0.25) is 6.82 Å². The third kappa shape index (κ3) is 2.82. The van der Waals surface area contributed by atoms with Gasteiger partial charge in [-0.25, -0.2) is 0 Å². The SMILES string of the molecule is CB(OC(C)(C)C(C)(C)O)c1cn[nH]c1. The first-order valence-electron chi connectivity index (χ1n) is 5.13. The highest BCUT2D eigenvalue weighted by molar-refractivity contribution is 6.66. The zero-order chi connectivity index (χ0) is 11.7. The summed E-state index contributed by atoms with van der Waals surface area (Å²) in [5, 5.41) is 16.6. The minimum absolute atomic E-state index is 0.0924. The topological polar surface area (TPSA) is 58.1 Å². The molecular formula is C10H19BN2O2. The molecule has 5 heteroatoms. The van der Waals surface area contributed by atoms with Crippen LogP contribution in [-0.2, 0) is 4.65 Å². The Kier molecular flexibility index (Phi) is 3.26. The van der Waals surface area contributed by atoms with E-state index < -0.39 is 11.2 Å². The van der Waals surface area contributed by atoms with Crippen molar-refractivity contribution in [3.63, 3.8) is 0 Å². The van der Waals surface area contributed by atoms with E-state index in [0.29, 0.717) is 0 Å². The van der Waals surface area contributed by atoms with Gasteiger partial charge in [-0.2, -0.15) is 5.10 Å². The summed E-state index contributed by atoms with van der Waals surface area (Å²) in [6.45, 7) is 9.10. The number of aromatic nitrogens is 2. The molecule has 0 atom stereocenters. The van der Waals surface area contributed by atoms with E-state index in [1.165, 1.54) is 0 Å². The Bertz CT molecular complexity index is 304. The highest BCUT2D eigenvalue weighted by Crippen LogP contribution is 2.25. The average molecular weight is 210 g/mol. The minimum Gasteiger partial charge on any atom is -0.423 e. The lowest BCUT2D eigenvalue weighted by molar-refractivity contribution is -0.0918. The van der Waals surface area contributed by atoms with E-state index in [0.717, 1.165) is 5.46 Å². The van der Waals surface area contributed by atoms with Gasteiger partial charge >= 0.3 is 6.92 Å². The van der Waals surface area contributed by atoms with Crippen LogP contribution in [-0.4, -0.2) is 33.4 Å². The first-order chi connectivity index (χ1) is 6.74. The smallest absolute Gasteiger partial charge is 0.327 e. The van der Waals surface area contributed by atoms with Gasteiger partial charge in [-0.3, -0.25) is 5.10 Å². The fraction of sp³-hybridized carbons (Fsp3) is 0.700. The van der Waals surface area contributed by atoms with Crippen LogP contribution in [0.5, 0.6) is 0 Å². The monoisotopic (exact) mass is 210 g/mol. The van der Waals surface area contributed by atoms with Crippen LogP contribution in [0, 0.1) is 0 Å². The lowest BCUT2D eigenvalue weighted by Crippen LogP contribution is -2.52. The number of nitrogens with zero attached hydrogens (tertiary/aromatic N) is 1. The Morgan fingerprint density at radius 3 is 2.40 bits per heavy atom. The van der Waals surface area contributed by atoms with Gasteiger partial charge in [0.05, 0.1) is 11.2 Å². The first kappa shape index (κ1) is 12.3. The Morgan fingerprint density at radius 1 is 1.40 bits per heavy atom. The molecule has 0 aromatic carbocycles. The van der Waals surface area contributed by atoms with Crippen molar-refractivity contribution >= 4 is 12.4 Å². The van der Waals surface area contributed by atoms with Crippen molar-refractivity contribution in [1.82, 2.24) is 10.2 Å². The Hall–Kier alpha value is -0.805. The molecule has 1 rings (SSSR count). The van der Waals surface area contributed by atoms with Crippen LogP contribution in [0.3, 0.4) is 0 Å². The largest absolute Gasteiger partial charge is 0.423 e. The molecule has 4 nitrogen and oxygen atoms in total. The second-order valence-electron chi connectivity index (χ2n) is 4.86. The fourth-order valence-corrected chi connectivity index (χ4v) is 1.14.